The number of H-pyrrole nitrogens is 1. The highest BCUT2D eigenvalue weighted by atomic mass is 32.3. The SMILES string of the molecule is CN(CCN=C(N)N)c1[nH]ncc1O.O=S(=O)(O)O. The van der Waals surface area contributed by atoms with E-state index in [-0.39, 0.29) is 11.7 Å². The second kappa shape index (κ2) is 7.40. The van der Waals surface area contributed by atoms with Gasteiger partial charge in [0.2, 0.25) is 0 Å². The molecule has 1 aromatic heterocycles. The lowest BCUT2D eigenvalue weighted by Crippen LogP contribution is -2.26. The molecule has 0 unspecified atom stereocenters. The Balaban J connectivity index is 0.000000555. The van der Waals surface area contributed by atoms with E-state index in [1.807, 2.05) is 0 Å². The summed E-state index contributed by atoms with van der Waals surface area (Å²) in [5.41, 5.74) is 10.3. The maximum atomic E-state index is 9.31. The summed E-state index contributed by atoms with van der Waals surface area (Å²) >= 11 is 0. The molecular weight excluding hydrogens is 280 g/mol. The van der Waals surface area contributed by atoms with Crippen molar-refractivity contribution in [3.63, 3.8) is 0 Å². The van der Waals surface area contributed by atoms with E-state index in [0.717, 1.165) is 0 Å². The number of aromatic nitrogens is 2. The number of nitrogens with two attached hydrogens (primary N) is 2. The molecule has 0 spiro atoms. The number of guanidine groups is 1. The summed E-state index contributed by atoms with van der Waals surface area (Å²) in [4.78, 5) is 5.59. The quantitative estimate of drug-likeness (QED) is 0.211. The number of hydrogen-bond donors (Lipinski definition) is 6. The van der Waals surface area contributed by atoms with Crippen molar-refractivity contribution < 1.29 is 22.6 Å². The molecule has 0 amide bonds. The fourth-order valence-electron chi connectivity index (χ4n) is 0.995. The van der Waals surface area contributed by atoms with Crippen LogP contribution in [0.2, 0.25) is 0 Å². The van der Waals surface area contributed by atoms with E-state index in [1.54, 1.807) is 11.9 Å². The lowest BCUT2D eigenvalue weighted by molar-refractivity contribution is 0.381. The third kappa shape index (κ3) is 9.63. The molecular formula is C7H16N6O5S. The first-order chi connectivity index (χ1) is 8.61. The molecule has 0 saturated heterocycles. The van der Waals surface area contributed by atoms with Crippen LogP contribution in [-0.4, -0.2) is 58.9 Å². The Morgan fingerprint density at radius 1 is 1.53 bits per heavy atom. The summed E-state index contributed by atoms with van der Waals surface area (Å²) < 4.78 is 31.6. The van der Waals surface area contributed by atoms with Crippen LogP contribution in [0.1, 0.15) is 0 Å². The normalized spacial score (nSPS) is 10.3. The van der Waals surface area contributed by atoms with Gasteiger partial charge in [-0.15, -0.1) is 0 Å². The average molecular weight is 296 g/mol. The lowest BCUT2D eigenvalue weighted by atomic mass is 10.5. The Morgan fingerprint density at radius 2 is 2.05 bits per heavy atom. The predicted octanol–water partition coefficient (Wildman–Crippen LogP) is -1.83. The Labute approximate surface area is 109 Å². The van der Waals surface area contributed by atoms with Gasteiger partial charge in [-0.1, -0.05) is 0 Å². The van der Waals surface area contributed by atoms with Crippen molar-refractivity contribution in [1.82, 2.24) is 10.2 Å². The second-order valence-corrected chi connectivity index (χ2v) is 4.18. The minimum Gasteiger partial charge on any atom is -0.503 e. The van der Waals surface area contributed by atoms with E-state index in [4.69, 9.17) is 29.0 Å². The van der Waals surface area contributed by atoms with Crippen LogP contribution < -0.4 is 16.4 Å². The molecule has 0 atom stereocenters. The van der Waals surface area contributed by atoms with Crippen LogP contribution in [-0.2, 0) is 10.4 Å². The largest absolute Gasteiger partial charge is 0.503 e. The number of aliphatic imine (C=N–C) groups is 1. The van der Waals surface area contributed by atoms with E-state index in [0.29, 0.717) is 18.9 Å². The zero-order chi connectivity index (χ0) is 15.1. The van der Waals surface area contributed by atoms with Crippen molar-refractivity contribution >= 4 is 22.2 Å². The van der Waals surface area contributed by atoms with E-state index >= 15 is 0 Å². The molecule has 8 N–H and O–H groups in total. The van der Waals surface area contributed by atoms with Gasteiger partial charge in [-0.3, -0.25) is 19.2 Å². The van der Waals surface area contributed by atoms with Gasteiger partial charge in [-0.05, 0) is 0 Å². The molecule has 11 nitrogen and oxygen atoms in total. The van der Waals surface area contributed by atoms with Gasteiger partial charge in [-0.25, -0.2) is 0 Å². The zero-order valence-electron chi connectivity index (χ0n) is 10.1. The maximum Gasteiger partial charge on any atom is 0.394 e. The second-order valence-electron chi connectivity index (χ2n) is 3.28. The van der Waals surface area contributed by atoms with Crippen molar-refractivity contribution in [3.05, 3.63) is 6.20 Å². The van der Waals surface area contributed by atoms with Crippen LogP contribution in [0, 0.1) is 0 Å². The highest BCUT2D eigenvalue weighted by Gasteiger charge is 2.07. The van der Waals surface area contributed by atoms with E-state index in [9.17, 15) is 5.11 Å². The van der Waals surface area contributed by atoms with Gasteiger partial charge in [0.15, 0.2) is 17.5 Å². The van der Waals surface area contributed by atoms with E-state index in [1.165, 1.54) is 6.20 Å². The van der Waals surface area contributed by atoms with Crippen molar-refractivity contribution in [1.29, 1.82) is 0 Å². The number of anilines is 1. The number of nitrogens with one attached hydrogen (secondary N) is 1. The van der Waals surface area contributed by atoms with Gasteiger partial charge in [0.05, 0.1) is 12.7 Å². The first kappa shape index (κ1) is 16.9. The fourth-order valence-corrected chi connectivity index (χ4v) is 0.995. The summed E-state index contributed by atoms with van der Waals surface area (Å²) in [5, 5.41) is 15.7. The standard InChI is InChI=1S/C7H14N6O.H2O4S/c1-13(3-2-10-7(8)9)6-5(14)4-11-12-6;1-5(2,3)4/h4,14H,2-3H2,1H3,(H,11,12)(H4,8,9,10);(H2,1,2,3,4). The fraction of sp³-hybridized carbons (Fsp3) is 0.429. The van der Waals surface area contributed by atoms with Crippen molar-refractivity contribution in [3.8, 4) is 5.75 Å². The smallest absolute Gasteiger partial charge is 0.394 e. The molecule has 0 radical (unpaired) electrons. The number of aromatic amines is 1. The van der Waals surface area contributed by atoms with Crippen molar-refractivity contribution in [2.24, 2.45) is 16.5 Å². The third-order valence-electron chi connectivity index (χ3n) is 1.71. The van der Waals surface area contributed by atoms with Gasteiger partial charge >= 0.3 is 10.4 Å². The number of rotatable bonds is 4. The number of aromatic hydroxyl groups is 1. The molecule has 1 rings (SSSR count). The van der Waals surface area contributed by atoms with Crippen LogP contribution in [0.15, 0.2) is 11.2 Å². The highest BCUT2D eigenvalue weighted by molar-refractivity contribution is 7.79. The van der Waals surface area contributed by atoms with Crippen molar-refractivity contribution in [2.75, 3.05) is 25.0 Å². The minimum atomic E-state index is -4.67. The number of hydrogen-bond acceptors (Lipinski definition) is 6. The highest BCUT2D eigenvalue weighted by Crippen LogP contribution is 2.21. The molecule has 1 aromatic rings. The summed E-state index contributed by atoms with van der Waals surface area (Å²) in [6.45, 7) is 1.06. The molecule has 0 aliphatic carbocycles. The van der Waals surface area contributed by atoms with E-state index in [2.05, 4.69) is 15.2 Å². The van der Waals surface area contributed by atoms with Crippen LogP contribution in [0.25, 0.3) is 0 Å². The minimum absolute atomic E-state index is 0.0623. The van der Waals surface area contributed by atoms with Gasteiger partial charge in [0, 0.05) is 13.6 Å². The third-order valence-corrected chi connectivity index (χ3v) is 1.71. The average Bonchev–Trinajstić information content (AvgIpc) is 2.61. The van der Waals surface area contributed by atoms with Crippen LogP contribution in [0.5, 0.6) is 5.75 Å². The summed E-state index contributed by atoms with van der Waals surface area (Å²) in [6.07, 6.45) is 1.34. The van der Waals surface area contributed by atoms with Gasteiger partial charge in [0.25, 0.3) is 0 Å². The first-order valence-electron chi connectivity index (χ1n) is 4.80. The molecule has 12 heteroatoms. The predicted molar refractivity (Wildman–Crippen MR) is 68.4 cm³/mol. The van der Waals surface area contributed by atoms with Crippen LogP contribution >= 0.6 is 0 Å². The Hall–Kier alpha value is -2.05. The topological polar surface area (TPSA) is 191 Å². The molecule has 0 bridgehead atoms. The Bertz CT molecular complexity index is 500. The molecule has 19 heavy (non-hydrogen) atoms. The van der Waals surface area contributed by atoms with E-state index < -0.39 is 10.4 Å². The van der Waals surface area contributed by atoms with Gasteiger partial charge in [0.1, 0.15) is 0 Å². The summed E-state index contributed by atoms with van der Waals surface area (Å²) in [7, 11) is -2.87. The summed E-state index contributed by atoms with van der Waals surface area (Å²) in [6, 6.07) is 0. The maximum absolute atomic E-state index is 9.31. The van der Waals surface area contributed by atoms with Crippen LogP contribution in [0.4, 0.5) is 5.82 Å². The molecule has 0 saturated carbocycles. The Morgan fingerprint density at radius 3 is 2.42 bits per heavy atom. The monoisotopic (exact) mass is 296 g/mol. The summed E-state index contributed by atoms with van der Waals surface area (Å²) in [5.74, 6) is 0.722. The molecule has 0 aliphatic rings. The Kier molecular flexibility index (Phi) is 6.60. The zero-order valence-corrected chi connectivity index (χ0v) is 10.9. The lowest BCUT2D eigenvalue weighted by Gasteiger charge is -2.15. The molecule has 1 heterocycles. The van der Waals surface area contributed by atoms with Gasteiger partial charge < -0.3 is 21.5 Å². The molecule has 0 aromatic carbocycles. The number of likely N-dealkylation sites (N-methyl/N-ethyl adjacent to an activating group) is 1. The number of nitrogens with zero attached hydrogens (tertiary/aromatic N) is 3. The van der Waals surface area contributed by atoms with Crippen molar-refractivity contribution in [2.45, 2.75) is 0 Å². The van der Waals surface area contributed by atoms with Gasteiger partial charge in [-0.2, -0.15) is 13.5 Å². The molecule has 0 aliphatic heterocycles. The molecule has 110 valence electrons. The van der Waals surface area contributed by atoms with Crippen LogP contribution in [0.3, 0.4) is 0 Å². The molecule has 0 fully saturated rings. The first-order valence-corrected chi connectivity index (χ1v) is 6.19.